The number of esters is 1. The van der Waals surface area contributed by atoms with E-state index >= 15 is 19.2 Å². The second-order valence-corrected chi connectivity index (χ2v) is 39.4. The molecule has 1 saturated carbocycles. The number of aliphatic hydroxyl groups excluding tert-OH is 1. The molecule has 0 unspecified atom stereocenters. The Bertz CT molecular complexity index is 4700. The van der Waals surface area contributed by atoms with E-state index in [9.17, 15) is 53.7 Å². The molecule has 17 atom stereocenters. The fourth-order valence-electron chi connectivity index (χ4n) is 16.4. The Labute approximate surface area is 767 Å². The quantitative estimate of drug-likeness (QED) is 0.0122. The number of amides is 10. The minimum absolute atomic E-state index is 0.0315. The first-order chi connectivity index (χ1) is 61.1. The van der Waals surface area contributed by atoms with Crippen LogP contribution < -0.4 is 63.6 Å². The van der Waals surface area contributed by atoms with Crippen LogP contribution in [0, 0.1) is 11.8 Å². The number of allylic oxidation sites excluding steroid dienone is 4. The van der Waals surface area contributed by atoms with Gasteiger partial charge in [0.05, 0.1) is 43.5 Å². The van der Waals surface area contributed by atoms with E-state index in [2.05, 4.69) is 42.5 Å². The summed E-state index contributed by atoms with van der Waals surface area (Å²) in [5, 5.41) is 56.4. The highest BCUT2D eigenvalue weighted by Gasteiger charge is 2.65. The lowest BCUT2D eigenvalue weighted by Gasteiger charge is -2.42. The second kappa shape index (κ2) is 47.6. The van der Waals surface area contributed by atoms with Crippen molar-refractivity contribution in [3.05, 3.63) is 154 Å². The van der Waals surface area contributed by atoms with Gasteiger partial charge in [-0.2, -0.15) is 0 Å². The molecule has 0 radical (unpaired) electrons. The van der Waals surface area contributed by atoms with Gasteiger partial charge in [-0.15, -0.1) is 0 Å². The molecule has 32 nitrogen and oxygen atoms in total. The Morgan fingerprint density at radius 1 is 0.828 bits per heavy atom. The van der Waals surface area contributed by atoms with Crippen LogP contribution in [0.25, 0.3) is 5.57 Å². The predicted molar refractivity (Wildman–Crippen MR) is 492 cm³/mol. The molecule has 6 aliphatic rings. The Hall–Kier alpha value is -9.21. The average molecular weight is 1870 g/mol. The van der Waals surface area contributed by atoms with Crippen molar-refractivity contribution in [3.63, 3.8) is 0 Å². The molecule has 0 aromatic heterocycles. The lowest BCUT2D eigenvalue weighted by atomic mass is 9.83. The number of ketones is 1. The maximum atomic E-state index is 15.3. The van der Waals surface area contributed by atoms with Crippen LogP contribution in [0.15, 0.2) is 121 Å². The summed E-state index contributed by atoms with van der Waals surface area (Å²) in [6.45, 7) is 8.20. The summed E-state index contributed by atoms with van der Waals surface area (Å²) in [6, 6.07) is 14.6. The number of phenols is 1. The van der Waals surface area contributed by atoms with Gasteiger partial charge in [-0.3, -0.25) is 53.3 Å². The van der Waals surface area contributed by atoms with Crippen LogP contribution in [0.3, 0.4) is 0 Å². The van der Waals surface area contributed by atoms with Gasteiger partial charge < -0.3 is 97.5 Å². The molecule has 3 saturated heterocycles. The number of Topliss-reactive ketones (excluding diaryl/α,β-unsaturated/α-hetero) is 1. The van der Waals surface area contributed by atoms with Gasteiger partial charge in [0.1, 0.15) is 76.7 Å². The number of rotatable bonds is 28. The van der Waals surface area contributed by atoms with E-state index in [0.717, 1.165) is 79.5 Å². The first kappa shape index (κ1) is 101. The molecule has 4 aromatic carbocycles. The Morgan fingerprint density at radius 3 is 2.24 bits per heavy atom. The third-order valence-corrected chi connectivity index (χ3v) is 29.4. The largest absolute Gasteiger partial charge is 0.508 e. The maximum Gasteiger partial charge on any atom is 0.409 e. The third-order valence-electron chi connectivity index (χ3n) is 24.2. The van der Waals surface area contributed by atoms with E-state index in [0.29, 0.717) is 55.3 Å². The number of hydrogen-bond acceptors (Lipinski definition) is 26. The first-order valence-electron chi connectivity index (χ1n) is 43.3. The number of nitrogens with two attached hydrogens (primary N) is 2. The number of fused-ring (bicyclic) bond motifs is 6. The van der Waals surface area contributed by atoms with Crippen molar-refractivity contribution in [2.45, 2.75) is 240 Å². The molecule has 2 aliphatic carbocycles. The Balaban J connectivity index is 0.876. The smallest absolute Gasteiger partial charge is 0.409 e. The molecular weight excluding hydrogens is 1740 g/mol. The highest BCUT2D eigenvalue weighted by Crippen LogP contribution is 2.50. The van der Waals surface area contributed by atoms with E-state index in [4.69, 9.17) is 46.8 Å². The summed E-state index contributed by atoms with van der Waals surface area (Å²) < 4.78 is 29.9. The zero-order chi connectivity index (χ0) is 92.7. The number of carbonyl (C=O) groups excluding carboxylic acids is 12. The lowest BCUT2D eigenvalue weighted by Crippen LogP contribution is -2.63. The molecule has 4 heterocycles. The predicted octanol–water partition coefficient (Wildman–Crippen LogP) is 6.67. The molecule has 4 aliphatic heterocycles. The van der Waals surface area contributed by atoms with Gasteiger partial charge >= 0.3 is 12.1 Å². The van der Waals surface area contributed by atoms with E-state index in [1.54, 1.807) is 74.5 Å². The molecular formula is C91H121ClN12O20S4. The van der Waals surface area contributed by atoms with Crippen LogP contribution in [0.5, 0.6) is 11.5 Å². The number of ether oxygens (including phenoxy) is 5. The molecule has 15 N–H and O–H groups in total. The zero-order valence-corrected chi connectivity index (χ0v) is 77.6. The Morgan fingerprint density at radius 2 is 1.53 bits per heavy atom. The highest BCUT2D eigenvalue weighted by molar-refractivity contribution is 8.77. The number of phenolic OH excluding ortho intramolecular Hbond substituents is 1. The van der Waals surface area contributed by atoms with Crippen molar-refractivity contribution in [2.75, 3.05) is 62.8 Å². The highest BCUT2D eigenvalue weighted by atomic mass is 35.5. The number of nitrogens with zero attached hydrogens (tertiary/aromatic N) is 2. The summed E-state index contributed by atoms with van der Waals surface area (Å²) in [7, 11) is 10.1. The number of unbranched alkanes of at least 4 members (excludes halogenated alkanes) is 1. The summed E-state index contributed by atoms with van der Waals surface area (Å²) in [5.74, 6) is -10.4. The summed E-state index contributed by atoms with van der Waals surface area (Å²) >= 11 is 6.93. The van der Waals surface area contributed by atoms with Gasteiger partial charge in [-0.25, -0.2) is 9.59 Å². The minimum atomic E-state index is -1.95. The number of likely N-dealkylation sites (N-methyl/N-ethyl adjacent to an activating group) is 1. The second-order valence-electron chi connectivity index (χ2n) is 33.8. The number of carbonyl (C=O) groups is 12. The monoisotopic (exact) mass is 1860 g/mol. The number of hydrogen-bond donors (Lipinski definition) is 13. The molecule has 37 heteroatoms. The fraction of sp³-hybridized carbons (Fsp3) is 0.538. The summed E-state index contributed by atoms with van der Waals surface area (Å²) in [5.41, 5.74) is 14.8. The first-order valence-corrected chi connectivity index (χ1v) is 48.7. The van der Waals surface area contributed by atoms with E-state index < -0.39 is 186 Å². The van der Waals surface area contributed by atoms with Crippen molar-refractivity contribution >= 4 is 137 Å². The average Bonchev–Trinajstić information content (AvgIpc) is 1.57. The molecule has 4 aromatic rings. The number of methoxy groups -OCH3 is 2. The topological polar surface area (TPSA) is 470 Å². The number of nitrogens with one attached hydrogen (secondary N) is 8. The van der Waals surface area contributed by atoms with Gasteiger partial charge in [0, 0.05) is 87.8 Å². The molecule has 10 rings (SSSR count). The minimum Gasteiger partial charge on any atom is -0.508 e. The lowest BCUT2D eigenvalue weighted by molar-refractivity contribution is -0.162. The van der Waals surface area contributed by atoms with Crippen LogP contribution in [-0.4, -0.2) is 245 Å². The molecule has 4 fully saturated rings. The van der Waals surface area contributed by atoms with Crippen LogP contribution in [0.1, 0.15) is 146 Å². The van der Waals surface area contributed by atoms with Crippen molar-refractivity contribution in [3.8, 4) is 11.5 Å². The Kier molecular flexibility index (Phi) is 37.5. The number of halogens is 1. The zero-order valence-electron chi connectivity index (χ0n) is 73.6. The number of anilines is 1. The van der Waals surface area contributed by atoms with Crippen molar-refractivity contribution in [1.29, 1.82) is 0 Å². The van der Waals surface area contributed by atoms with Crippen LogP contribution >= 0.6 is 54.8 Å². The van der Waals surface area contributed by atoms with Crippen molar-refractivity contribution in [1.82, 2.24) is 47.4 Å². The molecule has 696 valence electrons. The SMILES string of the molecule is COc1cc2cc(c1Cl)N(C)C(=O)C[C@H](OC(=O)[C@H](C)N(C)C(=O)CCSSC[C@H](NC(=O)[C@@H]1CSSC[C@H](NC(=O)[C@H](N)Cc3ccccc3)C(=O)C[C@@H](Cc3ccc(O)cc3)C(=O)N[C@H](CC3=CCc4ccccc43)C(=O)N[C@@H](CCCCN)C(=O)N[C@@H]([C@@H](C)O)C(=O)N1)C(=O)NC1CCCCC1)[C@]1(C)O[C@H]1[C@H](C)[C@@H]1C[C@@](O)(NC(=O)O1)[C@H](OC)/C=C/C=C(\C)C2. The van der Waals surface area contributed by atoms with Crippen molar-refractivity contribution in [2.24, 2.45) is 23.3 Å². The van der Waals surface area contributed by atoms with Gasteiger partial charge in [0.25, 0.3) is 0 Å². The summed E-state index contributed by atoms with van der Waals surface area (Å²) in [6.07, 6.45) is 4.46. The van der Waals surface area contributed by atoms with Crippen molar-refractivity contribution < 1.29 is 96.5 Å². The fourth-order valence-corrected chi connectivity index (χ4v) is 21.2. The molecule has 0 spiro atoms. The number of aromatic hydroxyl groups is 1. The maximum absolute atomic E-state index is 15.3. The van der Waals surface area contributed by atoms with E-state index in [-0.39, 0.29) is 90.6 Å². The van der Waals surface area contributed by atoms with Crippen LogP contribution in [-0.2, 0) is 97.4 Å². The van der Waals surface area contributed by atoms with Gasteiger partial charge in [-0.05, 0) is 150 Å². The van der Waals surface area contributed by atoms with Gasteiger partial charge in [0.2, 0.25) is 53.2 Å². The molecule has 128 heavy (non-hydrogen) atoms. The number of alkyl carbamates (subject to hydrolysis) is 1. The van der Waals surface area contributed by atoms with Crippen LogP contribution in [0.4, 0.5) is 10.5 Å². The van der Waals surface area contributed by atoms with E-state index in [1.807, 2.05) is 49.4 Å². The van der Waals surface area contributed by atoms with E-state index in [1.165, 1.54) is 74.9 Å². The van der Waals surface area contributed by atoms with Crippen LogP contribution in [0.2, 0.25) is 5.02 Å². The normalized spacial score (nSPS) is 27.0. The number of benzene rings is 4. The molecule has 10 amide bonds. The standard InChI is InChI=1S/C91H121ClN12O20S4/c1-51-21-20-29-74(121-9)91(119)47-73(122-89(118)102-91)52(2)80-90(5,124-80)75(46-77(109)104(7)70-42-57(39-51)43-72(120-8)78(70)92)123-88(117)53(3)103(6)76(108)36-38-125-126-49-68(85(114)95-61-25-14-11-15-26-61)99-86(115)69-50-128-127-48-67(98-82(111)64(94)41-55-22-12-10-13-23-55)71(107)45-60(40-56-30-34-62(106)35-31-56)81(110)97-66(44-59-33-32-58-24-16-17-27-63(58)59)84(113)96-65(28-18-19-37-93)83(112)101-79(54(4)105)87(116)100-69/h10,12-13,16-17,20-24,27,29-31,33-35,42-43,52-54,60-61,64-69,73-75,79-80,105-106,119H,11,14-15,18-19,25-26,28,32,36-41,44-50,93-94H2,1-9H3,(H,95,114)(H,96,113)(H,97,110)(H,98,111)(H,99,115)(H,100,116)(H,101,112)(H,102,118)/b29-20+,51-21+/t52-,53+,54-,60-,64-,65+,66-,67+,68+,69+,73+,74-,75+,79+,80+,90+,91+/m1/s1. The third kappa shape index (κ3) is 27.7. The summed E-state index contributed by atoms with van der Waals surface area (Å²) in [4.78, 5) is 179. The molecule has 4 bridgehead atoms. The number of epoxide rings is 1. The number of aliphatic hydroxyl groups is 2. The van der Waals surface area contributed by atoms with Gasteiger partial charge in [0.15, 0.2) is 11.5 Å². The van der Waals surface area contributed by atoms with Gasteiger partial charge in [-0.1, -0.05) is 178 Å².